The molecule has 0 spiro atoms. The Kier molecular flexibility index (Phi) is 6.31. The number of anilines is 1. The summed E-state index contributed by atoms with van der Waals surface area (Å²) in [6.45, 7) is 0. The van der Waals surface area contributed by atoms with Gasteiger partial charge >= 0.3 is 0 Å². The maximum atomic E-state index is 14.5. The monoisotopic (exact) mass is 562 g/mol. The van der Waals surface area contributed by atoms with E-state index in [1.54, 1.807) is 25.1 Å². The lowest BCUT2D eigenvalue weighted by atomic mass is 9.42. The number of nitrogens with zero attached hydrogens (tertiary/aromatic N) is 3. The van der Waals surface area contributed by atoms with Gasteiger partial charge in [0, 0.05) is 36.8 Å². The van der Waals surface area contributed by atoms with Crippen molar-refractivity contribution in [3.63, 3.8) is 0 Å². The molecule has 41 heavy (non-hydrogen) atoms. The third-order valence-corrected chi connectivity index (χ3v) is 9.49. The van der Waals surface area contributed by atoms with Crippen LogP contribution < -0.4 is 22.1 Å². The van der Waals surface area contributed by atoms with Gasteiger partial charge in [0.2, 0.25) is 5.91 Å². The van der Waals surface area contributed by atoms with Crippen LogP contribution in [0.15, 0.2) is 18.2 Å². The standard InChI is InChI=1S/C29H34N6O6/c1-34(2)16-9-14(13-7-5-6-8-13)20(36)17-15(16)10-27(32)11-29(33)23(35(3)4)22(38)18(26(31)41)24(39)28(29,12-30)25(40)19(27)21(17)37/h5,7,9,13,18-19,23,36H,6,8,10-11,32-33H2,1-4H3,(H2,31,41)/t13?,18?,19?,23-,27-,28+,29-/m1/s1. The van der Waals surface area contributed by atoms with Crippen LogP contribution >= 0.6 is 0 Å². The highest BCUT2D eigenvalue weighted by Crippen LogP contribution is 2.57. The van der Waals surface area contributed by atoms with Crippen LogP contribution in [0.2, 0.25) is 0 Å². The van der Waals surface area contributed by atoms with Crippen LogP contribution in [0.1, 0.15) is 46.7 Å². The van der Waals surface area contributed by atoms with Crippen LogP contribution in [0, 0.1) is 28.6 Å². The molecule has 5 rings (SSSR count). The van der Waals surface area contributed by atoms with Gasteiger partial charge in [-0.05, 0) is 51.4 Å². The number of hydrogen-bond acceptors (Lipinski definition) is 11. The van der Waals surface area contributed by atoms with Crippen LogP contribution in [-0.4, -0.2) is 84.4 Å². The minimum atomic E-state index is -2.76. The molecule has 7 atom stereocenters. The number of rotatable bonds is 4. The summed E-state index contributed by atoms with van der Waals surface area (Å²) in [5, 5.41) is 22.0. The molecule has 0 radical (unpaired) electrons. The number of phenols is 1. The van der Waals surface area contributed by atoms with Crippen LogP contribution in [0.25, 0.3) is 0 Å². The lowest BCUT2D eigenvalue weighted by molar-refractivity contribution is -0.166. The van der Waals surface area contributed by atoms with Gasteiger partial charge in [-0.3, -0.25) is 28.9 Å². The summed E-state index contributed by atoms with van der Waals surface area (Å²) in [5.41, 5.74) is 14.0. The van der Waals surface area contributed by atoms with E-state index < -0.39 is 69.8 Å². The Morgan fingerprint density at radius 1 is 1.12 bits per heavy atom. The molecule has 12 heteroatoms. The van der Waals surface area contributed by atoms with Gasteiger partial charge in [-0.2, -0.15) is 5.26 Å². The van der Waals surface area contributed by atoms with Gasteiger partial charge in [-0.15, -0.1) is 0 Å². The molecule has 1 aromatic carbocycles. The van der Waals surface area contributed by atoms with Crippen molar-refractivity contribution in [3.8, 4) is 11.8 Å². The number of hydrogen-bond donors (Lipinski definition) is 4. The summed E-state index contributed by atoms with van der Waals surface area (Å²) in [5.74, 6) is -9.87. The molecule has 1 aromatic rings. The Labute approximate surface area is 237 Å². The zero-order valence-electron chi connectivity index (χ0n) is 23.4. The predicted octanol–water partition coefficient (Wildman–Crippen LogP) is -0.692. The van der Waals surface area contributed by atoms with Gasteiger partial charge in [0.25, 0.3) is 0 Å². The molecular weight excluding hydrogens is 528 g/mol. The summed E-state index contributed by atoms with van der Waals surface area (Å²) in [7, 11) is 6.50. The smallest absolute Gasteiger partial charge is 0.235 e. The van der Waals surface area contributed by atoms with Gasteiger partial charge in [0.15, 0.2) is 34.5 Å². The Bertz CT molecular complexity index is 1510. The second-order valence-corrected chi connectivity index (χ2v) is 12.3. The average molecular weight is 563 g/mol. The summed E-state index contributed by atoms with van der Waals surface area (Å²) >= 11 is 0. The zero-order valence-corrected chi connectivity index (χ0v) is 23.4. The Morgan fingerprint density at radius 3 is 2.29 bits per heavy atom. The Morgan fingerprint density at radius 2 is 1.78 bits per heavy atom. The van der Waals surface area contributed by atoms with Crippen molar-refractivity contribution in [1.82, 2.24) is 4.90 Å². The predicted molar refractivity (Wildman–Crippen MR) is 147 cm³/mol. The minimum absolute atomic E-state index is 0.0847. The average Bonchev–Trinajstić information content (AvgIpc) is 3.37. The third kappa shape index (κ3) is 3.46. The highest BCUT2D eigenvalue weighted by atomic mass is 16.3. The van der Waals surface area contributed by atoms with Gasteiger partial charge < -0.3 is 27.2 Å². The summed E-state index contributed by atoms with van der Waals surface area (Å²) in [6.07, 6.45) is 4.92. The van der Waals surface area contributed by atoms with Crippen molar-refractivity contribution in [2.75, 3.05) is 33.1 Å². The van der Waals surface area contributed by atoms with Crippen LogP contribution in [0.5, 0.6) is 5.75 Å². The lowest BCUT2D eigenvalue weighted by Crippen LogP contribution is -2.85. The number of aromatic hydroxyl groups is 1. The van der Waals surface area contributed by atoms with Crippen molar-refractivity contribution in [3.05, 3.63) is 34.9 Å². The van der Waals surface area contributed by atoms with E-state index in [1.807, 2.05) is 18.2 Å². The summed E-state index contributed by atoms with van der Waals surface area (Å²) in [4.78, 5) is 71.6. The van der Waals surface area contributed by atoms with Crippen molar-refractivity contribution in [1.29, 1.82) is 5.26 Å². The van der Waals surface area contributed by atoms with Crippen molar-refractivity contribution < 1.29 is 29.1 Å². The summed E-state index contributed by atoms with van der Waals surface area (Å²) < 4.78 is 0. The van der Waals surface area contributed by atoms with E-state index in [0.717, 1.165) is 12.8 Å². The molecule has 0 heterocycles. The van der Waals surface area contributed by atoms with Gasteiger partial charge in [-0.25, -0.2) is 0 Å². The quantitative estimate of drug-likeness (QED) is 0.266. The maximum Gasteiger partial charge on any atom is 0.235 e. The number of nitriles is 1. The van der Waals surface area contributed by atoms with Crippen molar-refractivity contribution >= 4 is 34.7 Å². The normalized spacial score (nSPS) is 36.0. The van der Waals surface area contributed by atoms with Gasteiger partial charge in [0.05, 0.1) is 23.2 Å². The van der Waals surface area contributed by atoms with E-state index in [9.17, 15) is 34.3 Å². The van der Waals surface area contributed by atoms with E-state index in [4.69, 9.17) is 17.2 Å². The molecule has 7 N–H and O–H groups in total. The SMILES string of the molecule is CN(C)c1cc(C2C=CCC2)c(O)c2c1C[C@@]1(N)C[C@@]3(N)[C@H](N(C)C)C(=O)C(C(N)=O)C(=O)[C@@]3(C#N)C(=O)C1C2=O. The van der Waals surface area contributed by atoms with Crippen LogP contribution in [0.3, 0.4) is 0 Å². The van der Waals surface area contributed by atoms with Crippen LogP contribution in [-0.2, 0) is 25.6 Å². The largest absolute Gasteiger partial charge is 0.507 e. The number of benzene rings is 1. The number of allylic oxidation sites excluding steroid dienone is 2. The lowest BCUT2D eigenvalue weighted by Gasteiger charge is -2.60. The fourth-order valence-electron chi connectivity index (χ4n) is 7.85. The van der Waals surface area contributed by atoms with E-state index in [1.165, 1.54) is 19.0 Å². The number of ketones is 4. The molecule has 0 saturated heterocycles. The molecule has 4 aliphatic rings. The number of carbonyl (C=O) groups excluding carboxylic acids is 5. The second-order valence-electron chi connectivity index (χ2n) is 12.3. The number of carbonyl (C=O) groups is 5. The molecule has 0 bridgehead atoms. The first-order valence-corrected chi connectivity index (χ1v) is 13.4. The highest BCUT2D eigenvalue weighted by Gasteiger charge is 2.78. The molecule has 4 aliphatic carbocycles. The fraction of sp³-hybridized carbons (Fsp3) is 0.517. The number of nitrogens with two attached hydrogens (primary N) is 3. The molecule has 2 fully saturated rings. The van der Waals surface area contributed by atoms with E-state index in [-0.39, 0.29) is 23.7 Å². The molecule has 0 aliphatic heterocycles. The number of likely N-dealkylation sites (N-methyl/N-ethyl adjacent to an activating group) is 1. The fourth-order valence-corrected chi connectivity index (χ4v) is 7.85. The minimum Gasteiger partial charge on any atom is -0.507 e. The molecule has 3 unspecified atom stereocenters. The first-order chi connectivity index (χ1) is 19.1. The Hall–Kier alpha value is -3.92. The maximum absolute atomic E-state index is 14.5. The second kappa shape index (κ2) is 9.04. The first kappa shape index (κ1) is 28.6. The summed E-state index contributed by atoms with van der Waals surface area (Å²) in [6, 6.07) is 2.09. The molecule has 1 amide bonds. The number of fused-ring (bicyclic) bond motifs is 3. The number of Topliss-reactive ketones (excluding diaryl/α,β-unsaturated/α-hetero) is 4. The van der Waals surface area contributed by atoms with Gasteiger partial charge in [-0.1, -0.05) is 12.2 Å². The molecule has 216 valence electrons. The van der Waals surface area contributed by atoms with Crippen molar-refractivity contribution in [2.24, 2.45) is 34.5 Å². The van der Waals surface area contributed by atoms with Gasteiger partial charge in [0.1, 0.15) is 11.7 Å². The van der Waals surface area contributed by atoms with E-state index >= 15 is 0 Å². The van der Waals surface area contributed by atoms with E-state index in [0.29, 0.717) is 16.8 Å². The number of primary amides is 1. The third-order valence-electron chi connectivity index (χ3n) is 9.49. The molecule has 0 aromatic heterocycles. The highest BCUT2D eigenvalue weighted by molar-refractivity contribution is 6.33. The van der Waals surface area contributed by atoms with Crippen LogP contribution in [0.4, 0.5) is 5.69 Å². The van der Waals surface area contributed by atoms with E-state index in [2.05, 4.69) is 0 Å². The zero-order chi connectivity index (χ0) is 30.4. The van der Waals surface area contributed by atoms with Crippen molar-refractivity contribution in [2.45, 2.75) is 48.7 Å². The number of amides is 1. The molecule has 12 nitrogen and oxygen atoms in total. The number of phenolic OH excluding ortho intramolecular Hbond substituents is 1. The molecule has 2 saturated carbocycles. The molecular formula is C29H34N6O6. The topological polar surface area (TPSA) is 214 Å². The Balaban J connectivity index is 1.78. The first-order valence-electron chi connectivity index (χ1n) is 13.4.